The molecular weight excluding hydrogens is 150 g/mol. The molecule has 0 saturated heterocycles. The highest BCUT2D eigenvalue weighted by molar-refractivity contribution is 5.97. The lowest BCUT2D eigenvalue weighted by molar-refractivity contribution is 0.898. The fourth-order valence-electron chi connectivity index (χ4n) is 0.989. The monoisotopic (exact) mass is 163 g/mol. The normalized spacial score (nSPS) is 11.3. The maximum Gasteiger partial charge on any atom is 0.150 e. The van der Waals surface area contributed by atoms with Crippen molar-refractivity contribution in [2.75, 3.05) is 7.05 Å². The third-order valence-corrected chi connectivity index (χ3v) is 1.55. The van der Waals surface area contributed by atoms with E-state index in [1.807, 2.05) is 31.2 Å². The SMILES string of the molecule is CNN=C(N)c1cccc(C)c1. The largest absolute Gasteiger partial charge is 0.382 e. The number of nitrogens with zero attached hydrogens (tertiary/aromatic N) is 1. The van der Waals surface area contributed by atoms with E-state index >= 15 is 0 Å². The molecule has 3 nitrogen and oxygen atoms in total. The minimum atomic E-state index is 0.515. The lowest BCUT2D eigenvalue weighted by Crippen LogP contribution is -2.16. The Kier molecular flexibility index (Phi) is 2.69. The number of aryl methyl sites for hydroxylation is 1. The Morgan fingerprint density at radius 1 is 1.50 bits per heavy atom. The van der Waals surface area contributed by atoms with Crippen LogP contribution in [0.5, 0.6) is 0 Å². The van der Waals surface area contributed by atoms with E-state index < -0.39 is 0 Å². The van der Waals surface area contributed by atoms with Crippen molar-refractivity contribution >= 4 is 5.84 Å². The number of amidine groups is 1. The molecule has 0 saturated carbocycles. The first-order valence-electron chi connectivity index (χ1n) is 3.81. The van der Waals surface area contributed by atoms with Crippen LogP contribution in [-0.2, 0) is 0 Å². The molecule has 0 radical (unpaired) electrons. The molecular formula is C9H13N3. The fourth-order valence-corrected chi connectivity index (χ4v) is 0.989. The molecule has 3 heteroatoms. The highest BCUT2D eigenvalue weighted by atomic mass is 15.3. The molecule has 0 aliphatic heterocycles. The summed E-state index contributed by atoms with van der Waals surface area (Å²) in [6, 6.07) is 7.91. The summed E-state index contributed by atoms with van der Waals surface area (Å²) in [6.45, 7) is 2.02. The first-order chi connectivity index (χ1) is 5.74. The molecule has 0 fully saturated rings. The van der Waals surface area contributed by atoms with Gasteiger partial charge in [-0.3, -0.25) is 0 Å². The lowest BCUT2D eigenvalue weighted by Gasteiger charge is -2.00. The maximum atomic E-state index is 5.66. The zero-order valence-electron chi connectivity index (χ0n) is 7.33. The number of hydrogen-bond acceptors (Lipinski definition) is 2. The molecule has 12 heavy (non-hydrogen) atoms. The van der Waals surface area contributed by atoms with Crippen LogP contribution in [-0.4, -0.2) is 12.9 Å². The van der Waals surface area contributed by atoms with Gasteiger partial charge in [0.15, 0.2) is 5.84 Å². The minimum Gasteiger partial charge on any atom is -0.382 e. The van der Waals surface area contributed by atoms with Gasteiger partial charge in [0.2, 0.25) is 0 Å². The van der Waals surface area contributed by atoms with Crippen LogP contribution in [0.4, 0.5) is 0 Å². The van der Waals surface area contributed by atoms with Crippen molar-refractivity contribution in [3.63, 3.8) is 0 Å². The molecule has 0 amide bonds. The summed E-state index contributed by atoms with van der Waals surface area (Å²) in [5, 5.41) is 3.88. The summed E-state index contributed by atoms with van der Waals surface area (Å²) in [5.41, 5.74) is 10.4. The Hall–Kier alpha value is -1.51. The Morgan fingerprint density at radius 3 is 2.83 bits per heavy atom. The topological polar surface area (TPSA) is 50.4 Å². The Bertz CT molecular complexity index is 292. The van der Waals surface area contributed by atoms with E-state index in [0.29, 0.717) is 5.84 Å². The van der Waals surface area contributed by atoms with Crippen LogP contribution >= 0.6 is 0 Å². The minimum absolute atomic E-state index is 0.515. The maximum absolute atomic E-state index is 5.66. The van der Waals surface area contributed by atoms with Crippen LogP contribution in [0.3, 0.4) is 0 Å². The third kappa shape index (κ3) is 1.99. The van der Waals surface area contributed by atoms with Gasteiger partial charge in [0.1, 0.15) is 0 Å². The van der Waals surface area contributed by atoms with E-state index in [1.165, 1.54) is 5.56 Å². The lowest BCUT2D eigenvalue weighted by atomic mass is 10.1. The van der Waals surface area contributed by atoms with Gasteiger partial charge in [0, 0.05) is 12.6 Å². The summed E-state index contributed by atoms with van der Waals surface area (Å²) in [6.07, 6.45) is 0. The highest BCUT2D eigenvalue weighted by Gasteiger charge is 1.96. The first kappa shape index (κ1) is 8.59. The molecule has 1 aromatic rings. The summed E-state index contributed by atoms with van der Waals surface area (Å²) >= 11 is 0. The second-order valence-corrected chi connectivity index (χ2v) is 2.59. The smallest absolute Gasteiger partial charge is 0.150 e. The van der Waals surface area contributed by atoms with Gasteiger partial charge in [-0.05, 0) is 13.0 Å². The summed E-state index contributed by atoms with van der Waals surface area (Å²) in [5.74, 6) is 0.515. The van der Waals surface area contributed by atoms with Gasteiger partial charge in [-0.2, -0.15) is 5.10 Å². The van der Waals surface area contributed by atoms with E-state index in [9.17, 15) is 0 Å². The second kappa shape index (κ2) is 3.76. The number of nitrogens with two attached hydrogens (primary N) is 1. The standard InChI is InChI=1S/C9H13N3/c1-7-4-3-5-8(6-7)9(10)12-11-2/h3-6,11H,1-2H3,(H2,10,12). The van der Waals surface area contributed by atoms with Gasteiger partial charge in [-0.25, -0.2) is 0 Å². The Balaban J connectivity index is 2.95. The van der Waals surface area contributed by atoms with Crippen molar-refractivity contribution in [3.05, 3.63) is 35.4 Å². The van der Waals surface area contributed by atoms with Gasteiger partial charge in [-0.1, -0.05) is 23.8 Å². The number of nitrogens with one attached hydrogen (secondary N) is 1. The molecule has 0 atom stereocenters. The zero-order chi connectivity index (χ0) is 8.97. The molecule has 0 aliphatic carbocycles. The first-order valence-corrected chi connectivity index (χ1v) is 3.81. The molecule has 0 unspecified atom stereocenters. The van der Waals surface area contributed by atoms with Crippen LogP contribution in [0.1, 0.15) is 11.1 Å². The number of benzene rings is 1. The zero-order valence-corrected chi connectivity index (χ0v) is 7.33. The quantitative estimate of drug-likeness (QED) is 0.385. The average molecular weight is 163 g/mol. The van der Waals surface area contributed by atoms with Crippen molar-refractivity contribution in [3.8, 4) is 0 Å². The summed E-state index contributed by atoms with van der Waals surface area (Å²) in [4.78, 5) is 0. The van der Waals surface area contributed by atoms with E-state index in [0.717, 1.165) is 5.56 Å². The van der Waals surface area contributed by atoms with Gasteiger partial charge >= 0.3 is 0 Å². The fraction of sp³-hybridized carbons (Fsp3) is 0.222. The average Bonchev–Trinajstić information content (AvgIpc) is 2.05. The predicted molar refractivity (Wildman–Crippen MR) is 51.0 cm³/mol. The van der Waals surface area contributed by atoms with Crippen LogP contribution in [0.25, 0.3) is 0 Å². The third-order valence-electron chi connectivity index (χ3n) is 1.55. The van der Waals surface area contributed by atoms with Crippen molar-refractivity contribution in [1.29, 1.82) is 0 Å². The molecule has 0 spiro atoms. The van der Waals surface area contributed by atoms with E-state index in [4.69, 9.17) is 5.73 Å². The Morgan fingerprint density at radius 2 is 2.25 bits per heavy atom. The van der Waals surface area contributed by atoms with Gasteiger partial charge in [-0.15, -0.1) is 0 Å². The second-order valence-electron chi connectivity index (χ2n) is 2.59. The van der Waals surface area contributed by atoms with E-state index in [2.05, 4.69) is 10.5 Å². The molecule has 1 aromatic carbocycles. The highest BCUT2D eigenvalue weighted by Crippen LogP contribution is 2.02. The van der Waals surface area contributed by atoms with E-state index in [1.54, 1.807) is 7.05 Å². The molecule has 3 N–H and O–H groups in total. The number of hydrogen-bond donors (Lipinski definition) is 2. The van der Waals surface area contributed by atoms with Gasteiger partial charge in [0.05, 0.1) is 0 Å². The van der Waals surface area contributed by atoms with Crippen LogP contribution in [0.15, 0.2) is 29.4 Å². The molecule has 64 valence electrons. The molecule has 1 rings (SSSR count). The summed E-state index contributed by atoms with van der Waals surface area (Å²) < 4.78 is 0. The van der Waals surface area contributed by atoms with Crippen LogP contribution in [0, 0.1) is 6.92 Å². The molecule has 0 aliphatic rings. The van der Waals surface area contributed by atoms with Crippen molar-refractivity contribution < 1.29 is 0 Å². The molecule has 0 heterocycles. The van der Waals surface area contributed by atoms with Crippen molar-refractivity contribution in [2.45, 2.75) is 6.92 Å². The van der Waals surface area contributed by atoms with Gasteiger partial charge in [0.25, 0.3) is 0 Å². The molecule has 0 aromatic heterocycles. The van der Waals surface area contributed by atoms with Gasteiger partial charge < -0.3 is 11.2 Å². The number of rotatable bonds is 2. The van der Waals surface area contributed by atoms with E-state index in [-0.39, 0.29) is 0 Å². The molecule has 0 bridgehead atoms. The Labute approximate surface area is 72.3 Å². The van der Waals surface area contributed by atoms with Crippen LogP contribution < -0.4 is 11.2 Å². The predicted octanol–water partition coefficient (Wildman–Crippen LogP) is 0.835. The van der Waals surface area contributed by atoms with Crippen LogP contribution in [0.2, 0.25) is 0 Å². The van der Waals surface area contributed by atoms with Crippen molar-refractivity contribution in [2.24, 2.45) is 10.8 Å². The summed E-state index contributed by atoms with van der Waals surface area (Å²) in [7, 11) is 1.72. The number of hydrazone groups is 1. The van der Waals surface area contributed by atoms with Crippen molar-refractivity contribution in [1.82, 2.24) is 5.43 Å².